The van der Waals surface area contributed by atoms with Crippen LogP contribution in [0.4, 0.5) is 15.8 Å². The number of nitrogens with zero attached hydrogens (tertiary/aromatic N) is 5. The number of fused-ring (bicyclic) bond motifs is 1. The zero-order valence-electron chi connectivity index (χ0n) is 23.8. The molecule has 1 unspecified atom stereocenters. The average Bonchev–Trinajstić information content (AvgIpc) is 3.45. The van der Waals surface area contributed by atoms with Crippen LogP contribution in [0.15, 0.2) is 97.1 Å². The van der Waals surface area contributed by atoms with Crippen LogP contribution in [0.5, 0.6) is 0 Å². The normalized spacial score (nSPS) is 13.9. The molecule has 0 saturated carbocycles. The number of amides is 2. The number of halogens is 2. The van der Waals surface area contributed by atoms with Gasteiger partial charge in [-0.3, -0.25) is 9.59 Å². The third-order valence-corrected chi connectivity index (χ3v) is 7.78. The molecule has 224 valence electrons. The highest BCUT2D eigenvalue weighted by Crippen LogP contribution is 2.28. The van der Waals surface area contributed by atoms with Crippen LogP contribution in [0.2, 0.25) is 5.02 Å². The lowest BCUT2D eigenvalue weighted by Gasteiger charge is -2.32. The molecule has 1 aromatic heterocycles. The van der Waals surface area contributed by atoms with E-state index in [1.165, 1.54) is 27.8 Å². The summed E-state index contributed by atoms with van der Waals surface area (Å²) in [6.07, 6.45) is 0. The van der Waals surface area contributed by atoms with Gasteiger partial charge in [-0.25, -0.2) is 9.07 Å². The Kier molecular flexibility index (Phi) is 8.81. The second kappa shape index (κ2) is 13.2. The quantitative estimate of drug-likeness (QED) is 0.237. The zero-order valence-corrected chi connectivity index (χ0v) is 24.5. The molecular formula is C33H30ClFN6O3. The molecule has 1 saturated heterocycles. The van der Waals surface area contributed by atoms with Gasteiger partial charge in [0.1, 0.15) is 23.9 Å². The Morgan fingerprint density at radius 2 is 1.70 bits per heavy atom. The first kappa shape index (κ1) is 29.3. The molecule has 5 aromatic rings. The van der Waals surface area contributed by atoms with Crippen molar-refractivity contribution in [2.45, 2.75) is 19.1 Å². The molecule has 1 atom stereocenters. The van der Waals surface area contributed by atoms with Crippen molar-refractivity contribution in [3.8, 4) is 0 Å². The molecule has 0 aliphatic carbocycles. The number of benzene rings is 4. The van der Waals surface area contributed by atoms with Gasteiger partial charge >= 0.3 is 0 Å². The second-order valence-electron chi connectivity index (χ2n) is 10.5. The number of carbonyl (C=O) groups excluding carboxylic acids is 2. The van der Waals surface area contributed by atoms with E-state index in [-0.39, 0.29) is 13.1 Å². The third-order valence-electron chi connectivity index (χ3n) is 7.53. The van der Waals surface area contributed by atoms with Gasteiger partial charge in [-0.05, 0) is 71.8 Å². The molecule has 1 aliphatic rings. The summed E-state index contributed by atoms with van der Waals surface area (Å²) < 4.78 is 21.5. The number of morpholine rings is 1. The van der Waals surface area contributed by atoms with E-state index in [0.717, 1.165) is 24.3 Å². The molecule has 0 bridgehead atoms. The fourth-order valence-electron chi connectivity index (χ4n) is 5.30. The Morgan fingerprint density at radius 1 is 0.955 bits per heavy atom. The molecule has 2 heterocycles. The minimum absolute atomic E-state index is 0.0627. The third kappa shape index (κ3) is 6.72. The topological polar surface area (TPSA) is 92.6 Å². The number of carbonyl (C=O) groups is 2. The predicted molar refractivity (Wildman–Crippen MR) is 167 cm³/mol. The highest BCUT2D eigenvalue weighted by molar-refractivity contribution is 6.30. The van der Waals surface area contributed by atoms with E-state index < -0.39 is 23.7 Å². The number of ether oxygens (including phenoxy) is 1. The van der Waals surface area contributed by atoms with Crippen LogP contribution in [0.3, 0.4) is 0 Å². The Morgan fingerprint density at radius 3 is 2.45 bits per heavy atom. The van der Waals surface area contributed by atoms with Crippen molar-refractivity contribution in [1.29, 1.82) is 0 Å². The van der Waals surface area contributed by atoms with Gasteiger partial charge in [0.05, 0.1) is 18.7 Å². The van der Waals surface area contributed by atoms with Crippen LogP contribution in [0.1, 0.15) is 17.2 Å². The van der Waals surface area contributed by atoms with Crippen molar-refractivity contribution in [3.05, 3.63) is 119 Å². The summed E-state index contributed by atoms with van der Waals surface area (Å²) in [4.78, 5) is 31.9. The molecule has 9 nitrogen and oxygen atoms in total. The van der Waals surface area contributed by atoms with Crippen LogP contribution in [0.25, 0.3) is 11.0 Å². The van der Waals surface area contributed by atoms with Gasteiger partial charge in [-0.1, -0.05) is 53.2 Å². The van der Waals surface area contributed by atoms with Crippen molar-refractivity contribution in [2.75, 3.05) is 36.5 Å². The van der Waals surface area contributed by atoms with Crippen LogP contribution in [-0.4, -0.2) is 58.0 Å². The van der Waals surface area contributed by atoms with E-state index in [1.807, 2.05) is 48.5 Å². The molecule has 11 heteroatoms. The van der Waals surface area contributed by atoms with Gasteiger partial charge in [0.2, 0.25) is 5.91 Å². The van der Waals surface area contributed by atoms with Gasteiger partial charge in [-0.15, -0.1) is 5.10 Å². The van der Waals surface area contributed by atoms with Gasteiger partial charge in [-0.2, -0.15) is 0 Å². The van der Waals surface area contributed by atoms with Crippen LogP contribution >= 0.6 is 11.6 Å². The van der Waals surface area contributed by atoms with Crippen LogP contribution in [0, 0.1) is 5.82 Å². The summed E-state index contributed by atoms with van der Waals surface area (Å²) in [7, 11) is 0. The van der Waals surface area contributed by atoms with Crippen LogP contribution in [-0.2, 0) is 27.4 Å². The first-order valence-electron chi connectivity index (χ1n) is 14.3. The summed E-state index contributed by atoms with van der Waals surface area (Å²) in [6.45, 7) is 2.78. The second-order valence-corrected chi connectivity index (χ2v) is 10.9. The lowest BCUT2D eigenvalue weighted by molar-refractivity contribution is -0.140. The molecule has 0 radical (unpaired) electrons. The summed E-state index contributed by atoms with van der Waals surface area (Å²) in [5.74, 6) is -1.40. The monoisotopic (exact) mass is 612 g/mol. The molecule has 2 amide bonds. The first-order chi connectivity index (χ1) is 21.4. The summed E-state index contributed by atoms with van der Waals surface area (Å²) in [5, 5.41) is 11.8. The predicted octanol–water partition coefficient (Wildman–Crippen LogP) is 5.47. The van der Waals surface area contributed by atoms with E-state index >= 15 is 0 Å². The molecule has 1 fully saturated rings. The zero-order chi connectivity index (χ0) is 30.5. The van der Waals surface area contributed by atoms with Crippen molar-refractivity contribution >= 4 is 45.8 Å². The highest BCUT2D eigenvalue weighted by atomic mass is 35.5. The summed E-state index contributed by atoms with van der Waals surface area (Å²) >= 11 is 6.12. The molecule has 44 heavy (non-hydrogen) atoms. The van der Waals surface area contributed by atoms with E-state index in [1.54, 1.807) is 30.3 Å². The SMILES string of the molecule is O=C(Nc1ccc(N2CCOCC2)cc1)C(c1cccc(F)c1)N(Cc1ccc(Cl)cc1)C(=O)Cn1nnc2ccccc21. The van der Waals surface area contributed by atoms with Crippen molar-refractivity contribution < 1.29 is 18.7 Å². The van der Waals surface area contributed by atoms with Gasteiger partial charge in [0.25, 0.3) is 5.91 Å². The Bertz CT molecular complexity index is 1760. The number of para-hydroxylation sites is 1. The fourth-order valence-corrected chi connectivity index (χ4v) is 5.43. The molecule has 4 aromatic carbocycles. The molecule has 1 aliphatic heterocycles. The minimum Gasteiger partial charge on any atom is -0.378 e. The Balaban J connectivity index is 1.33. The minimum atomic E-state index is -1.16. The van der Waals surface area contributed by atoms with Crippen molar-refractivity contribution in [2.24, 2.45) is 0 Å². The summed E-state index contributed by atoms with van der Waals surface area (Å²) in [5.41, 5.74) is 3.97. The maximum absolute atomic E-state index is 14.6. The Labute approximate surface area is 258 Å². The highest BCUT2D eigenvalue weighted by Gasteiger charge is 2.32. The largest absolute Gasteiger partial charge is 0.378 e. The average molecular weight is 613 g/mol. The molecule has 1 N–H and O–H groups in total. The van der Waals surface area contributed by atoms with Crippen molar-refractivity contribution in [3.63, 3.8) is 0 Å². The van der Waals surface area contributed by atoms with E-state index in [0.29, 0.717) is 40.5 Å². The van der Waals surface area contributed by atoms with Crippen molar-refractivity contribution in [1.82, 2.24) is 19.9 Å². The first-order valence-corrected chi connectivity index (χ1v) is 14.6. The number of rotatable bonds is 9. The maximum Gasteiger partial charge on any atom is 0.251 e. The Hall–Kier alpha value is -4.80. The van der Waals surface area contributed by atoms with Gasteiger partial charge in [0.15, 0.2) is 0 Å². The number of anilines is 2. The standard InChI is InChI=1S/C33H30ClFN6O3/c34-25-10-8-23(9-11-25)21-40(31(42)22-41-30-7-2-1-6-29(30)37-38-41)32(24-4-3-5-26(35)20-24)33(43)36-27-12-14-28(15-13-27)39-16-18-44-19-17-39/h1-15,20,32H,16-19,21-22H2,(H,36,43). The maximum atomic E-state index is 14.6. The number of aromatic nitrogens is 3. The number of nitrogens with one attached hydrogen (secondary N) is 1. The van der Waals surface area contributed by atoms with E-state index in [4.69, 9.17) is 16.3 Å². The molecule has 0 spiro atoms. The summed E-state index contributed by atoms with van der Waals surface area (Å²) in [6, 6.07) is 26.4. The molecule has 6 rings (SSSR count). The van der Waals surface area contributed by atoms with E-state index in [9.17, 15) is 14.0 Å². The lowest BCUT2D eigenvalue weighted by atomic mass is 10.0. The van der Waals surface area contributed by atoms with Crippen LogP contribution < -0.4 is 10.2 Å². The lowest BCUT2D eigenvalue weighted by Crippen LogP contribution is -2.42. The molecular weight excluding hydrogens is 583 g/mol. The van der Waals surface area contributed by atoms with Gasteiger partial charge in [0, 0.05) is 36.0 Å². The number of hydrogen-bond acceptors (Lipinski definition) is 6. The fraction of sp³-hybridized carbons (Fsp3) is 0.212. The van der Waals surface area contributed by atoms with Gasteiger partial charge < -0.3 is 19.9 Å². The smallest absolute Gasteiger partial charge is 0.251 e. The van der Waals surface area contributed by atoms with E-state index in [2.05, 4.69) is 20.5 Å². The number of hydrogen-bond donors (Lipinski definition) is 1.